The van der Waals surface area contributed by atoms with Crippen LogP contribution in [-0.4, -0.2) is 49.0 Å². The van der Waals surface area contributed by atoms with Gasteiger partial charge in [0.1, 0.15) is 12.4 Å². The topological polar surface area (TPSA) is 130 Å². The van der Waals surface area contributed by atoms with Crippen molar-refractivity contribution in [2.45, 2.75) is 70.3 Å². The fraction of sp³-hybridized carbons (Fsp3) is 0.516. The number of aryl methyl sites for hydroxylation is 1. The van der Waals surface area contributed by atoms with Gasteiger partial charge in [0.2, 0.25) is 10.0 Å². The Hall–Kier alpha value is -2.59. The zero-order valence-corrected chi connectivity index (χ0v) is 25.3. The van der Waals surface area contributed by atoms with Gasteiger partial charge in [-0.1, -0.05) is 36.7 Å². The summed E-state index contributed by atoms with van der Waals surface area (Å²) < 4.78 is 29.6. The molecule has 0 bridgehead atoms. The number of sulfonamides is 1. The van der Waals surface area contributed by atoms with Gasteiger partial charge in [0.05, 0.1) is 22.6 Å². The highest BCUT2D eigenvalue weighted by Crippen LogP contribution is 2.41. The van der Waals surface area contributed by atoms with Crippen LogP contribution in [0.5, 0.6) is 5.75 Å². The van der Waals surface area contributed by atoms with E-state index in [4.69, 9.17) is 21.5 Å². The number of fused-ring (bicyclic) bond motifs is 2. The standard InChI is InChI=1S/C31H41ClN2O6S/c1-20(21(2)41(33,38)39)6-5-8-29(35)27-13-10-24(27)18-34-15-4-3-7-22-16-26(32)12-9-25(22)19-40-30-14-11-23(31(36)37)17-28(30)34/h5,8-9,11-12,14,16-17,20-21,24,27,29,35H,3-4,6-7,10,13,15,18-19H2,1-2H3,(H,36,37)(H2,33,38,39)/b8-5+/t20-,21+,24+,27-,29+/m1/s1. The van der Waals surface area contributed by atoms with E-state index < -0.39 is 27.3 Å². The number of carboxylic acid groups (broad SMARTS) is 1. The number of ether oxygens (including phenoxy) is 1. The van der Waals surface area contributed by atoms with Gasteiger partial charge in [0, 0.05) is 18.1 Å². The zero-order valence-electron chi connectivity index (χ0n) is 23.7. The summed E-state index contributed by atoms with van der Waals surface area (Å²) in [6, 6.07) is 10.8. The molecule has 0 amide bonds. The minimum absolute atomic E-state index is 0.0637. The fourth-order valence-electron chi connectivity index (χ4n) is 5.72. The van der Waals surface area contributed by atoms with Gasteiger partial charge < -0.3 is 19.8 Å². The summed E-state index contributed by atoms with van der Waals surface area (Å²) in [5.41, 5.74) is 3.19. The summed E-state index contributed by atoms with van der Waals surface area (Å²) in [7, 11) is -3.61. The molecule has 2 aromatic carbocycles. The third-order valence-corrected chi connectivity index (χ3v) is 10.5. The first-order chi connectivity index (χ1) is 19.4. The highest BCUT2D eigenvalue weighted by atomic mass is 35.5. The average molecular weight is 605 g/mol. The number of aliphatic hydroxyl groups is 1. The Labute approximate surface area is 248 Å². The molecule has 1 aliphatic heterocycles. The van der Waals surface area contributed by atoms with E-state index in [9.17, 15) is 23.4 Å². The summed E-state index contributed by atoms with van der Waals surface area (Å²) in [5, 5.41) is 26.0. The van der Waals surface area contributed by atoms with Crippen molar-refractivity contribution in [3.05, 3.63) is 70.3 Å². The number of benzene rings is 2. The first-order valence-corrected chi connectivity index (χ1v) is 16.3. The molecule has 0 saturated heterocycles. The van der Waals surface area contributed by atoms with Crippen LogP contribution in [-0.2, 0) is 23.1 Å². The maximum absolute atomic E-state index is 11.8. The summed E-state index contributed by atoms with van der Waals surface area (Å²) in [6.07, 6.45) is 8.08. The van der Waals surface area contributed by atoms with Crippen LogP contribution >= 0.6 is 11.6 Å². The molecule has 0 radical (unpaired) electrons. The first kappa shape index (κ1) is 31.3. The Balaban J connectivity index is 1.50. The number of carbonyl (C=O) groups is 1. The second-order valence-electron chi connectivity index (χ2n) is 11.5. The fourth-order valence-corrected chi connectivity index (χ4v) is 6.67. The molecule has 1 aliphatic carbocycles. The van der Waals surface area contributed by atoms with Crippen LogP contribution in [0, 0.1) is 17.8 Å². The van der Waals surface area contributed by atoms with Crippen LogP contribution in [0.25, 0.3) is 0 Å². The van der Waals surface area contributed by atoms with Crippen LogP contribution in [0.4, 0.5) is 5.69 Å². The van der Waals surface area contributed by atoms with Crippen LogP contribution in [0.1, 0.15) is 67.4 Å². The van der Waals surface area contributed by atoms with Crippen molar-refractivity contribution in [3.8, 4) is 5.75 Å². The number of aliphatic hydroxyl groups excluding tert-OH is 1. The molecule has 1 fully saturated rings. The summed E-state index contributed by atoms with van der Waals surface area (Å²) in [5.74, 6) is -0.236. The van der Waals surface area contributed by atoms with E-state index in [0.717, 1.165) is 55.5 Å². The van der Waals surface area contributed by atoms with Gasteiger partial charge >= 0.3 is 5.97 Å². The van der Waals surface area contributed by atoms with Crippen LogP contribution in [0.3, 0.4) is 0 Å². The van der Waals surface area contributed by atoms with Crippen molar-refractivity contribution in [3.63, 3.8) is 0 Å². The molecule has 2 aromatic rings. The third-order valence-electron chi connectivity index (χ3n) is 8.75. The van der Waals surface area contributed by atoms with Gasteiger partial charge in [0.15, 0.2) is 0 Å². The van der Waals surface area contributed by atoms with Crippen molar-refractivity contribution in [2.75, 3.05) is 18.0 Å². The van der Waals surface area contributed by atoms with Crippen LogP contribution in [0.15, 0.2) is 48.6 Å². The molecular weight excluding hydrogens is 564 g/mol. The van der Waals surface area contributed by atoms with E-state index in [-0.39, 0.29) is 23.3 Å². The van der Waals surface area contributed by atoms with Crippen molar-refractivity contribution in [2.24, 2.45) is 22.9 Å². The van der Waals surface area contributed by atoms with Crippen LogP contribution in [0.2, 0.25) is 5.02 Å². The Bertz CT molecular complexity index is 1360. The molecule has 2 aliphatic rings. The van der Waals surface area contributed by atoms with Crippen molar-refractivity contribution in [1.29, 1.82) is 0 Å². The third kappa shape index (κ3) is 8.03. The number of allylic oxidation sites excluding steroid dienone is 1. The number of carboxylic acids is 1. The van der Waals surface area contributed by atoms with Crippen molar-refractivity contribution >= 4 is 33.3 Å². The van der Waals surface area contributed by atoms with Gasteiger partial charge in [-0.3, -0.25) is 0 Å². The second kappa shape index (κ2) is 13.6. The largest absolute Gasteiger partial charge is 0.487 e. The zero-order chi connectivity index (χ0) is 29.7. The van der Waals surface area contributed by atoms with Crippen molar-refractivity contribution in [1.82, 2.24) is 0 Å². The van der Waals surface area contributed by atoms with E-state index >= 15 is 0 Å². The van der Waals surface area contributed by atoms with E-state index in [2.05, 4.69) is 4.90 Å². The number of rotatable bonds is 9. The SMILES string of the molecule is C[C@H](C/C=C/[C@H](O)[C@@H]1CC[C@H]1CN1CCCCc2cc(Cl)ccc2COc2ccc(C(=O)O)cc21)[C@H](C)S(N)(=O)=O. The highest BCUT2D eigenvalue weighted by Gasteiger charge is 2.37. The molecular formula is C31H41ClN2O6S. The van der Waals surface area contributed by atoms with Gasteiger partial charge in [-0.2, -0.15) is 0 Å². The monoisotopic (exact) mass is 604 g/mol. The quantitative estimate of drug-likeness (QED) is 0.326. The molecule has 10 heteroatoms. The lowest BCUT2D eigenvalue weighted by atomic mass is 9.70. The molecule has 0 unspecified atom stereocenters. The Kier molecular flexibility index (Phi) is 10.4. The predicted molar refractivity (Wildman–Crippen MR) is 162 cm³/mol. The normalized spacial score (nSPS) is 21.9. The maximum atomic E-state index is 11.8. The van der Waals surface area contributed by atoms with E-state index in [0.29, 0.717) is 30.3 Å². The van der Waals surface area contributed by atoms with Crippen molar-refractivity contribution < 1.29 is 28.2 Å². The number of nitrogens with zero attached hydrogens (tertiary/aromatic N) is 1. The highest BCUT2D eigenvalue weighted by molar-refractivity contribution is 7.89. The van der Waals surface area contributed by atoms with Gasteiger partial charge in [-0.05, 0) is 105 Å². The van der Waals surface area contributed by atoms with Crippen LogP contribution < -0.4 is 14.8 Å². The lowest BCUT2D eigenvalue weighted by Gasteiger charge is -2.42. The summed E-state index contributed by atoms with van der Waals surface area (Å²) in [4.78, 5) is 14.1. The number of hydrogen-bond donors (Lipinski definition) is 3. The Morgan fingerprint density at radius 3 is 2.63 bits per heavy atom. The Morgan fingerprint density at radius 2 is 1.95 bits per heavy atom. The lowest BCUT2D eigenvalue weighted by molar-refractivity contribution is 0.0461. The molecule has 5 atom stereocenters. The maximum Gasteiger partial charge on any atom is 0.335 e. The minimum Gasteiger partial charge on any atom is -0.487 e. The lowest BCUT2D eigenvalue weighted by Crippen LogP contribution is -2.43. The molecule has 1 heterocycles. The summed E-state index contributed by atoms with van der Waals surface area (Å²) >= 11 is 6.27. The van der Waals surface area contributed by atoms with Gasteiger partial charge in [0.25, 0.3) is 0 Å². The van der Waals surface area contributed by atoms with E-state index in [1.807, 2.05) is 31.2 Å². The molecule has 1 saturated carbocycles. The molecule has 4 N–H and O–H groups in total. The van der Waals surface area contributed by atoms with E-state index in [1.165, 1.54) is 0 Å². The second-order valence-corrected chi connectivity index (χ2v) is 13.9. The smallest absolute Gasteiger partial charge is 0.335 e. The molecule has 8 nitrogen and oxygen atoms in total. The minimum atomic E-state index is -3.61. The number of hydrogen-bond acceptors (Lipinski definition) is 6. The predicted octanol–water partition coefficient (Wildman–Crippen LogP) is 5.41. The van der Waals surface area contributed by atoms with Gasteiger partial charge in [-0.15, -0.1) is 0 Å². The van der Waals surface area contributed by atoms with Gasteiger partial charge in [-0.25, -0.2) is 18.4 Å². The number of primary sulfonamides is 1. The number of aromatic carboxylic acids is 1. The molecule has 41 heavy (non-hydrogen) atoms. The molecule has 0 spiro atoms. The summed E-state index contributed by atoms with van der Waals surface area (Å²) in [6.45, 7) is 5.20. The van der Waals surface area contributed by atoms with E-state index in [1.54, 1.807) is 31.2 Å². The average Bonchev–Trinajstić information content (AvgIpc) is 2.93. The first-order valence-electron chi connectivity index (χ1n) is 14.3. The molecule has 0 aromatic heterocycles. The molecule has 4 rings (SSSR count). The Morgan fingerprint density at radius 1 is 1.17 bits per heavy atom. The number of halogens is 1. The number of nitrogens with two attached hydrogens (primary N) is 1. The molecule has 224 valence electrons. The number of anilines is 1.